The van der Waals surface area contributed by atoms with Crippen LogP contribution >= 0.6 is 23.6 Å². The summed E-state index contributed by atoms with van der Waals surface area (Å²) in [6, 6.07) is 8.76. The average molecular weight is 357 g/mol. The van der Waals surface area contributed by atoms with Gasteiger partial charge in [-0.3, -0.25) is 4.90 Å². The molecule has 1 saturated carbocycles. The van der Waals surface area contributed by atoms with Crippen molar-refractivity contribution in [1.29, 1.82) is 0 Å². The van der Waals surface area contributed by atoms with Gasteiger partial charge in [-0.05, 0) is 69.2 Å². The highest BCUT2D eigenvalue weighted by Crippen LogP contribution is 2.48. The maximum Gasteiger partial charge on any atom is 0.0826 e. The first-order valence-corrected chi connectivity index (χ1v) is 10.4. The lowest BCUT2D eigenvalue weighted by Crippen LogP contribution is -2.49. The molecule has 0 amide bonds. The maximum atomic E-state index is 4.83. The molecule has 0 unspecified atom stereocenters. The molecule has 2 aliphatic rings. The largest absolute Gasteiger partial charge is 0.293 e. The molecule has 2 aromatic rings. The summed E-state index contributed by atoms with van der Waals surface area (Å²) in [7, 11) is 0. The molecule has 1 aromatic heterocycles. The van der Waals surface area contributed by atoms with Gasteiger partial charge in [-0.15, -0.1) is 11.3 Å². The zero-order valence-electron chi connectivity index (χ0n) is 14.1. The van der Waals surface area contributed by atoms with Crippen molar-refractivity contribution in [2.24, 2.45) is 4.99 Å². The number of hydrogen-bond donors (Lipinski definition) is 0. The number of thiocarbonyl (C=S) groups is 1. The normalized spacial score (nSPS) is 21.5. The number of piperidine rings is 1. The highest BCUT2D eigenvalue weighted by Gasteiger charge is 2.41. The third-order valence-corrected chi connectivity index (χ3v) is 7.19. The number of benzene rings is 1. The number of isothiocyanates is 1. The highest BCUT2D eigenvalue weighted by molar-refractivity contribution is 7.78. The lowest BCUT2D eigenvalue weighted by molar-refractivity contribution is 0.0333. The van der Waals surface area contributed by atoms with Crippen molar-refractivity contribution >= 4 is 44.5 Å². The maximum absolute atomic E-state index is 4.83. The Labute approximate surface area is 153 Å². The van der Waals surface area contributed by atoms with E-state index in [1.165, 1.54) is 74.5 Å². The van der Waals surface area contributed by atoms with Crippen LogP contribution in [0.5, 0.6) is 0 Å². The van der Waals surface area contributed by atoms with Crippen LogP contribution in [-0.4, -0.2) is 23.2 Å². The third kappa shape index (κ3) is 2.86. The van der Waals surface area contributed by atoms with E-state index in [0.717, 1.165) is 5.69 Å². The first-order valence-electron chi connectivity index (χ1n) is 9.19. The quantitative estimate of drug-likeness (QED) is 0.475. The predicted molar refractivity (Wildman–Crippen MR) is 107 cm³/mol. The van der Waals surface area contributed by atoms with Gasteiger partial charge in [0.05, 0.1) is 16.4 Å². The van der Waals surface area contributed by atoms with Crippen molar-refractivity contribution in [2.45, 2.75) is 56.9 Å². The summed E-state index contributed by atoms with van der Waals surface area (Å²) < 4.78 is 1.33. The van der Waals surface area contributed by atoms with E-state index >= 15 is 0 Å². The molecule has 2 nitrogen and oxygen atoms in total. The molecule has 1 aliphatic heterocycles. The molecule has 0 spiro atoms. The summed E-state index contributed by atoms with van der Waals surface area (Å²) in [6.07, 6.45) is 10.8. The summed E-state index contributed by atoms with van der Waals surface area (Å²) in [4.78, 5) is 8.64. The summed E-state index contributed by atoms with van der Waals surface area (Å²) in [5, 5.41) is 3.79. The number of nitrogens with zero attached hydrogens (tertiary/aromatic N) is 2. The monoisotopic (exact) mass is 356 g/mol. The van der Waals surface area contributed by atoms with Gasteiger partial charge in [-0.1, -0.05) is 31.7 Å². The van der Waals surface area contributed by atoms with Crippen molar-refractivity contribution < 1.29 is 0 Å². The van der Waals surface area contributed by atoms with Crippen LogP contribution in [0.25, 0.3) is 10.1 Å². The second-order valence-corrected chi connectivity index (χ2v) is 8.41. The predicted octanol–water partition coefficient (Wildman–Crippen LogP) is 6.28. The fraction of sp³-hybridized carbons (Fsp3) is 0.550. The Bertz CT molecular complexity index is 761. The molecule has 1 aromatic carbocycles. The van der Waals surface area contributed by atoms with Crippen LogP contribution in [-0.2, 0) is 5.54 Å². The third-order valence-electron chi connectivity index (χ3n) is 5.81. The van der Waals surface area contributed by atoms with Crippen LogP contribution < -0.4 is 0 Å². The molecule has 0 atom stereocenters. The number of thiophene rings is 1. The van der Waals surface area contributed by atoms with E-state index < -0.39 is 0 Å². The standard InChI is InChI=1S/C20H24N2S2/c23-15-21-17-8-7-9-18-16(17)14-19(24-18)20(10-3-1-4-11-20)22-12-5-2-6-13-22/h7-9,14H,1-6,10-13H2. The van der Waals surface area contributed by atoms with Crippen molar-refractivity contribution in [3.8, 4) is 0 Å². The van der Waals surface area contributed by atoms with Gasteiger partial charge >= 0.3 is 0 Å². The van der Waals surface area contributed by atoms with Gasteiger partial charge in [0.1, 0.15) is 0 Å². The number of likely N-dealkylation sites (tertiary alicyclic amines) is 1. The minimum Gasteiger partial charge on any atom is -0.293 e. The van der Waals surface area contributed by atoms with Gasteiger partial charge in [0.2, 0.25) is 0 Å². The van der Waals surface area contributed by atoms with Crippen molar-refractivity contribution in [1.82, 2.24) is 4.90 Å². The summed E-state index contributed by atoms with van der Waals surface area (Å²) in [6.45, 7) is 2.53. The van der Waals surface area contributed by atoms with Crippen LogP contribution in [0.15, 0.2) is 29.3 Å². The minimum absolute atomic E-state index is 0.265. The fourth-order valence-electron chi connectivity index (χ4n) is 4.60. The highest BCUT2D eigenvalue weighted by atomic mass is 32.1. The molecule has 2 heterocycles. The van der Waals surface area contributed by atoms with Gasteiger partial charge in [0.25, 0.3) is 0 Å². The summed E-state index contributed by atoms with van der Waals surface area (Å²) in [5.41, 5.74) is 1.23. The topological polar surface area (TPSA) is 15.6 Å². The van der Waals surface area contributed by atoms with Crippen LogP contribution in [0.4, 0.5) is 5.69 Å². The van der Waals surface area contributed by atoms with Gasteiger partial charge < -0.3 is 0 Å². The lowest BCUT2D eigenvalue weighted by Gasteiger charge is -2.48. The van der Waals surface area contributed by atoms with Gasteiger partial charge in [0.15, 0.2) is 0 Å². The molecule has 0 N–H and O–H groups in total. The Morgan fingerprint density at radius 2 is 1.79 bits per heavy atom. The second kappa shape index (κ2) is 7.05. The zero-order chi connectivity index (χ0) is 16.4. The molecule has 126 valence electrons. The summed E-state index contributed by atoms with van der Waals surface area (Å²) >= 11 is 6.80. The fourth-order valence-corrected chi connectivity index (χ4v) is 6.05. The van der Waals surface area contributed by atoms with Crippen LogP contribution in [0, 0.1) is 0 Å². The van der Waals surface area contributed by atoms with E-state index in [1.54, 1.807) is 4.88 Å². The van der Waals surface area contributed by atoms with Crippen molar-refractivity contribution in [3.63, 3.8) is 0 Å². The molecule has 24 heavy (non-hydrogen) atoms. The van der Waals surface area contributed by atoms with Gasteiger partial charge in [-0.2, -0.15) is 4.99 Å². The van der Waals surface area contributed by atoms with Crippen molar-refractivity contribution in [3.05, 3.63) is 29.1 Å². The van der Waals surface area contributed by atoms with Crippen LogP contribution in [0.3, 0.4) is 0 Å². The Morgan fingerprint density at radius 1 is 1.04 bits per heavy atom. The molecule has 0 bridgehead atoms. The van der Waals surface area contributed by atoms with E-state index in [1.807, 2.05) is 17.4 Å². The van der Waals surface area contributed by atoms with Gasteiger partial charge in [-0.25, -0.2) is 0 Å². The number of rotatable bonds is 3. The first-order chi connectivity index (χ1) is 11.8. The SMILES string of the molecule is S=C=Nc1cccc2sc(C3(N4CCCCC4)CCCCC3)cc12. The number of aliphatic imine (C=N–C) groups is 1. The van der Waals surface area contributed by atoms with E-state index in [4.69, 9.17) is 12.2 Å². The Balaban J connectivity index is 1.81. The zero-order valence-corrected chi connectivity index (χ0v) is 15.7. The lowest BCUT2D eigenvalue weighted by atomic mass is 9.78. The number of fused-ring (bicyclic) bond motifs is 1. The Kier molecular flexibility index (Phi) is 4.82. The second-order valence-electron chi connectivity index (χ2n) is 7.14. The minimum atomic E-state index is 0.265. The average Bonchev–Trinajstić information content (AvgIpc) is 3.09. The van der Waals surface area contributed by atoms with Crippen molar-refractivity contribution in [2.75, 3.05) is 13.1 Å². The van der Waals surface area contributed by atoms with E-state index in [2.05, 4.69) is 33.3 Å². The molecule has 0 radical (unpaired) electrons. The van der Waals surface area contributed by atoms with Crippen LogP contribution in [0.2, 0.25) is 0 Å². The smallest absolute Gasteiger partial charge is 0.0826 e. The Hall–Kier alpha value is -1.06. The molecule has 1 saturated heterocycles. The Morgan fingerprint density at radius 3 is 2.54 bits per heavy atom. The van der Waals surface area contributed by atoms with E-state index in [-0.39, 0.29) is 5.54 Å². The summed E-state index contributed by atoms with van der Waals surface area (Å²) in [5.74, 6) is 0. The molecule has 2 fully saturated rings. The molecular formula is C20H24N2S2. The van der Waals surface area contributed by atoms with Gasteiger partial charge in [0, 0.05) is 15.0 Å². The molecular weight excluding hydrogens is 332 g/mol. The van der Waals surface area contributed by atoms with Crippen LogP contribution in [0.1, 0.15) is 56.2 Å². The first kappa shape index (κ1) is 16.4. The molecule has 4 rings (SSSR count). The molecule has 4 heteroatoms. The molecule has 1 aliphatic carbocycles. The van der Waals surface area contributed by atoms with E-state index in [9.17, 15) is 0 Å². The van der Waals surface area contributed by atoms with E-state index in [0.29, 0.717) is 0 Å². The number of hydrogen-bond acceptors (Lipinski definition) is 4.